The SMILES string of the molecule is c1cn(CCNCc2csnn2)nn1. The molecular weight excluding hydrogens is 200 g/mol. The van der Waals surface area contributed by atoms with E-state index in [1.54, 1.807) is 10.9 Å². The van der Waals surface area contributed by atoms with E-state index < -0.39 is 0 Å². The fourth-order valence-corrected chi connectivity index (χ4v) is 1.47. The van der Waals surface area contributed by atoms with Gasteiger partial charge >= 0.3 is 0 Å². The first-order valence-corrected chi connectivity index (χ1v) is 5.09. The first-order valence-electron chi connectivity index (χ1n) is 4.26. The average Bonchev–Trinajstić information content (AvgIpc) is 2.86. The summed E-state index contributed by atoms with van der Waals surface area (Å²) in [5, 5.41) is 16.7. The second-order valence-electron chi connectivity index (χ2n) is 2.74. The maximum Gasteiger partial charge on any atom is 0.0893 e. The summed E-state index contributed by atoms with van der Waals surface area (Å²) in [7, 11) is 0. The van der Waals surface area contributed by atoms with Gasteiger partial charge in [0.1, 0.15) is 0 Å². The van der Waals surface area contributed by atoms with Crippen LogP contribution in [0.25, 0.3) is 0 Å². The van der Waals surface area contributed by atoms with Crippen molar-refractivity contribution in [2.45, 2.75) is 13.1 Å². The number of hydrogen-bond acceptors (Lipinski definition) is 6. The van der Waals surface area contributed by atoms with Crippen molar-refractivity contribution in [2.24, 2.45) is 0 Å². The van der Waals surface area contributed by atoms with E-state index in [4.69, 9.17) is 0 Å². The Labute approximate surface area is 85.1 Å². The number of aromatic nitrogens is 5. The monoisotopic (exact) mass is 210 g/mol. The zero-order chi connectivity index (χ0) is 9.64. The molecule has 2 rings (SSSR count). The molecule has 2 heterocycles. The Morgan fingerprint density at radius 2 is 2.50 bits per heavy atom. The highest BCUT2D eigenvalue weighted by Crippen LogP contribution is 1.95. The normalized spacial score (nSPS) is 10.6. The molecule has 0 aliphatic carbocycles. The van der Waals surface area contributed by atoms with Crippen molar-refractivity contribution in [1.29, 1.82) is 0 Å². The highest BCUT2D eigenvalue weighted by Gasteiger charge is 1.95. The molecule has 0 bridgehead atoms. The quantitative estimate of drug-likeness (QED) is 0.699. The van der Waals surface area contributed by atoms with Crippen molar-refractivity contribution in [1.82, 2.24) is 29.9 Å². The molecule has 14 heavy (non-hydrogen) atoms. The van der Waals surface area contributed by atoms with Crippen molar-refractivity contribution in [3.8, 4) is 0 Å². The molecule has 0 saturated heterocycles. The molecule has 2 aromatic heterocycles. The maximum atomic E-state index is 3.92. The van der Waals surface area contributed by atoms with Gasteiger partial charge in [0.2, 0.25) is 0 Å². The number of nitrogens with one attached hydrogen (secondary N) is 1. The van der Waals surface area contributed by atoms with Crippen molar-refractivity contribution in [2.75, 3.05) is 6.54 Å². The highest BCUT2D eigenvalue weighted by molar-refractivity contribution is 7.03. The topological polar surface area (TPSA) is 68.5 Å². The van der Waals surface area contributed by atoms with Gasteiger partial charge in [-0.15, -0.1) is 10.2 Å². The zero-order valence-electron chi connectivity index (χ0n) is 7.50. The lowest BCUT2D eigenvalue weighted by Gasteiger charge is -2.01. The van der Waals surface area contributed by atoms with E-state index in [9.17, 15) is 0 Å². The van der Waals surface area contributed by atoms with E-state index in [2.05, 4.69) is 25.2 Å². The lowest BCUT2D eigenvalue weighted by molar-refractivity contribution is 0.537. The molecule has 0 aromatic carbocycles. The van der Waals surface area contributed by atoms with Crippen LogP contribution >= 0.6 is 11.5 Å². The van der Waals surface area contributed by atoms with Crippen molar-refractivity contribution in [3.63, 3.8) is 0 Å². The Kier molecular flexibility index (Phi) is 3.15. The molecular formula is C7H10N6S. The minimum Gasteiger partial charge on any atom is -0.309 e. The smallest absolute Gasteiger partial charge is 0.0893 e. The summed E-state index contributed by atoms with van der Waals surface area (Å²) in [5.41, 5.74) is 0.980. The predicted molar refractivity (Wildman–Crippen MR) is 51.6 cm³/mol. The van der Waals surface area contributed by atoms with Crippen molar-refractivity contribution >= 4 is 11.5 Å². The summed E-state index contributed by atoms with van der Waals surface area (Å²) in [4.78, 5) is 0. The van der Waals surface area contributed by atoms with Crippen LogP contribution in [0.2, 0.25) is 0 Å². The van der Waals surface area contributed by atoms with Gasteiger partial charge in [-0.2, -0.15) is 0 Å². The molecule has 0 amide bonds. The van der Waals surface area contributed by atoms with E-state index >= 15 is 0 Å². The largest absolute Gasteiger partial charge is 0.309 e. The van der Waals surface area contributed by atoms with E-state index in [1.807, 2.05) is 11.6 Å². The third-order valence-corrected chi connectivity index (χ3v) is 2.25. The van der Waals surface area contributed by atoms with Crippen molar-refractivity contribution in [3.05, 3.63) is 23.5 Å². The zero-order valence-corrected chi connectivity index (χ0v) is 8.31. The van der Waals surface area contributed by atoms with Crippen molar-refractivity contribution < 1.29 is 0 Å². The second kappa shape index (κ2) is 4.77. The molecule has 2 aromatic rings. The predicted octanol–water partition coefficient (Wildman–Crippen LogP) is -0.0806. The first kappa shape index (κ1) is 9.22. The van der Waals surface area contributed by atoms with Gasteiger partial charge in [0.25, 0.3) is 0 Å². The minimum absolute atomic E-state index is 0.755. The van der Waals surface area contributed by atoms with E-state index in [-0.39, 0.29) is 0 Å². The molecule has 0 unspecified atom stereocenters. The Hall–Kier alpha value is -1.34. The van der Waals surface area contributed by atoms with Crippen LogP contribution in [-0.2, 0) is 13.1 Å². The standard InChI is InChI=1S/C7H10N6S/c1(3-13-4-2-9-11-13)8-5-7-6-14-12-10-7/h2,4,6,8H,1,3,5H2. The number of hydrogen-bond donors (Lipinski definition) is 1. The molecule has 0 spiro atoms. The van der Waals surface area contributed by atoms with Gasteiger partial charge in [-0.25, -0.2) is 0 Å². The minimum atomic E-state index is 0.755. The van der Waals surface area contributed by atoms with Gasteiger partial charge in [0.05, 0.1) is 18.4 Å². The van der Waals surface area contributed by atoms with E-state index in [1.165, 1.54) is 11.5 Å². The van der Waals surface area contributed by atoms with E-state index in [0.717, 1.165) is 25.3 Å². The molecule has 0 aliphatic heterocycles. The summed E-state index contributed by atoms with van der Waals surface area (Å²) in [6.45, 7) is 2.42. The first-order chi connectivity index (χ1) is 6.95. The lowest BCUT2D eigenvalue weighted by Crippen LogP contribution is -2.20. The van der Waals surface area contributed by atoms with Gasteiger partial charge in [0, 0.05) is 24.7 Å². The maximum absolute atomic E-state index is 3.92. The molecule has 0 radical (unpaired) electrons. The Bertz CT molecular complexity index is 306. The average molecular weight is 210 g/mol. The van der Waals surface area contributed by atoms with E-state index in [0.29, 0.717) is 0 Å². The van der Waals surface area contributed by atoms with Crippen LogP contribution < -0.4 is 5.32 Å². The Morgan fingerprint density at radius 1 is 1.50 bits per heavy atom. The number of nitrogens with zero attached hydrogens (tertiary/aromatic N) is 5. The Morgan fingerprint density at radius 3 is 3.21 bits per heavy atom. The molecule has 0 saturated carbocycles. The molecule has 7 heteroatoms. The van der Waals surface area contributed by atoms with Crippen LogP contribution in [-0.4, -0.2) is 31.1 Å². The van der Waals surface area contributed by atoms with Crippen LogP contribution in [0.1, 0.15) is 5.69 Å². The fourth-order valence-electron chi connectivity index (χ4n) is 1.02. The fraction of sp³-hybridized carbons (Fsp3) is 0.429. The molecule has 0 aliphatic rings. The third kappa shape index (κ3) is 2.57. The Balaban J connectivity index is 1.65. The van der Waals surface area contributed by atoms with Gasteiger partial charge in [-0.3, -0.25) is 4.68 Å². The lowest BCUT2D eigenvalue weighted by atomic mass is 10.5. The molecule has 6 nitrogen and oxygen atoms in total. The van der Waals surface area contributed by atoms with Gasteiger partial charge in [-0.1, -0.05) is 9.70 Å². The molecule has 0 fully saturated rings. The van der Waals surface area contributed by atoms with Crippen LogP contribution in [0.4, 0.5) is 0 Å². The molecule has 74 valence electrons. The summed E-state index contributed by atoms with van der Waals surface area (Å²) in [5.74, 6) is 0. The van der Waals surface area contributed by atoms with Gasteiger partial charge in [-0.05, 0) is 11.5 Å². The summed E-state index contributed by atoms with van der Waals surface area (Å²) in [6, 6.07) is 0. The third-order valence-electron chi connectivity index (χ3n) is 1.70. The van der Waals surface area contributed by atoms with Gasteiger partial charge in [0.15, 0.2) is 0 Å². The highest BCUT2D eigenvalue weighted by atomic mass is 32.1. The summed E-state index contributed by atoms with van der Waals surface area (Å²) < 4.78 is 5.56. The summed E-state index contributed by atoms with van der Waals surface area (Å²) in [6.07, 6.45) is 3.51. The second-order valence-corrected chi connectivity index (χ2v) is 3.35. The number of rotatable bonds is 5. The summed E-state index contributed by atoms with van der Waals surface area (Å²) >= 11 is 1.37. The van der Waals surface area contributed by atoms with Crippen LogP contribution in [0.15, 0.2) is 17.8 Å². The van der Waals surface area contributed by atoms with Crippen LogP contribution in [0.5, 0.6) is 0 Å². The van der Waals surface area contributed by atoms with Crippen LogP contribution in [0.3, 0.4) is 0 Å². The molecule has 0 atom stereocenters. The molecule has 1 N–H and O–H groups in total. The van der Waals surface area contributed by atoms with Crippen LogP contribution in [0, 0.1) is 0 Å². The van der Waals surface area contributed by atoms with Gasteiger partial charge < -0.3 is 5.32 Å².